The molecule has 0 aliphatic heterocycles. The molecule has 2 rings (SSSR count). The van der Waals surface area contributed by atoms with E-state index in [4.69, 9.17) is 11.6 Å². The molecule has 0 spiro atoms. The monoisotopic (exact) mass is 327 g/mol. The van der Waals surface area contributed by atoms with Crippen LogP contribution in [0.2, 0.25) is 5.02 Å². The van der Waals surface area contributed by atoms with Crippen LogP contribution in [0, 0.1) is 5.92 Å². The van der Waals surface area contributed by atoms with Gasteiger partial charge in [-0.1, -0.05) is 37.1 Å². The summed E-state index contributed by atoms with van der Waals surface area (Å²) in [6.45, 7) is 2.67. The first-order chi connectivity index (χ1) is 10.1. The molecule has 1 fully saturated rings. The summed E-state index contributed by atoms with van der Waals surface area (Å²) < 4.78 is 0. The molecular formula is C16H22ClNO2S. The van der Waals surface area contributed by atoms with Gasteiger partial charge in [-0.2, -0.15) is 0 Å². The Morgan fingerprint density at radius 2 is 2.29 bits per heavy atom. The first-order valence-corrected chi connectivity index (χ1v) is 8.82. The van der Waals surface area contributed by atoms with Gasteiger partial charge in [-0.25, -0.2) is 0 Å². The molecule has 2 unspecified atom stereocenters. The zero-order chi connectivity index (χ0) is 15.3. The molecule has 1 saturated carbocycles. The van der Waals surface area contributed by atoms with Crippen LogP contribution in [-0.2, 0) is 4.79 Å². The predicted octanol–water partition coefficient (Wildman–Crippen LogP) is 4.06. The maximum absolute atomic E-state index is 11.7. The summed E-state index contributed by atoms with van der Waals surface area (Å²) in [5.74, 6) is 0.397. The lowest BCUT2D eigenvalue weighted by Gasteiger charge is -2.32. The zero-order valence-electron chi connectivity index (χ0n) is 12.3. The Balaban J connectivity index is 1.95. The molecule has 1 aliphatic rings. The van der Waals surface area contributed by atoms with Crippen molar-refractivity contribution in [3.05, 3.63) is 29.3 Å². The molecular weight excluding hydrogens is 306 g/mol. The number of likely N-dealkylation sites (N-methyl/N-ethyl adjacent to an activating group) is 1. The third-order valence-corrected chi connectivity index (χ3v) is 5.80. The van der Waals surface area contributed by atoms with Gasteiger partial charge >= 0.3 is 5.97 Å². The summed E-state index contributed by atoms with van der Waals surface area (Å²) in [7, 11) is 0. The van der Waals surface area contributed by atoms with Crippen molar-refractivity contribution in [1.29, 1.82) is 0 Å². The molecule has 2 N–H and O–H groups in total. The smallest absolute Gasteiger partial charge is 0.324 e. The topological polar surface area (TPSA) is 49.3 Å². The van der Waals surface area contributed by atoms with Crippen molar-refractivity contribution in [3.8, 4) is 0 Å². The van der Waals surface area contributed by atoms with Gasteiger partial charge in [0.05, 0.1) is 5.02 Å². The van der Waals surface area contributed by atoms with E-state index in [1.54, 1.807) is 11.8 Å². The van der Waals surface area contributed by atoms with Crippen LogP contribution in [0.15, 0.2) is 29.2 Å². The summed E-state index contributed by atoms with van der Waals surface area (Å²) in [5, 5.41) is 13.6. The largest absolute Gasteiger partial charge is 0.480 e. The normalized spacial score (nSPS) is 25.1. The first kappa shape index (κ1) is 16.7. The molecule has 1 aliphatic carbocycles. The number of rotatable bonds is 7. The van der Waals surface area contributed by atoms with Crippen LogP contribution in [0.3, 0.4) is 0 Å². The Labute approximate surface area is 135 Å². The van der Waals surface area contributed by atoms with Crippen molar-refractivity contribution in [3.63, 3.8) is 0 Å². The molecule has 0 heterocycles. The van der Waals surface area contributed by atoms with Gasteiger partial charge in [0.25, 0.3) is 0 Å². The first-order valence-electron chi connectivity index (χ1n) is 7.46. The molecule has 5 heteroatoms. The lowest BCUT2D eigenvalue weighted by atomic mass is 9.85. The second-order valence-electron chi connectivity index (χ2n) is 5.46. The van der Waals surface area contributed by atoms with E-state index in [1.807, 2.05) is 31.2 Å². The average Bonchev–Trinajstić information content (AvgIpc) is 2.86. The Bertz CT molecular complexity index is 497. The number of benzene rings is 1. The standard InChI is InChI=1S/C16H22ClNO2S/c1-2-18-16(15(19)20)10-5-6-12(16)9-11-21-14-8-4-3-7-13(14)17/h3-4,7-8,12,18H,2,5-6,9-11H2,1H3,(H,19,20). The molecule has 1 aromatic carbocycles. The van der Waals surface area contributed by atoms with Gasteiger partial charge in [-0.15, -0.1) is 11.8 Å². The van der Waals surface area contributed by atoms with Gasteiger partial charge < -0.3 is 10.4 Å². The van der Waals surface area contributed by atoms with Crippen LogP contribution >= 0.6 is 23.4 Å². The maximum atomic E-state index is 11.7. The van der Waals surface area contributed by atoms with Crippen molar-refractivity contribution < 1.29 is 9.90 Å². The van der Waals surface area contributed by atoms with Gasteiger partial charge in [0, 0.05) is 4.90 Å². The lowest BCUT2D eigenvalue weighted by Crippen LogP contribution is -2.54. The fourth-order valence-electron chi connectivity index (χ4n) is 3.25. The average molecular weight is 328 g/mol. The molecule has 0 bridgehead atoms. The van der Waals surface area contributed by atoms with E-state index in [0.717, 1.165) is 41.4 Å². The van der Waals surface area contributed by atoms with Gasteiger partial charge in [0.15, 0.2) is 0 Å². The number of halogens is 1. The van der Waals surface area contributed by atoms with Crippen molar-refractivity contribution in [2.75, 3.05) is 12.3 Å². The predicted molar refractivity (Wildman–Crippen MR) is 88.2 cm³/mol. The highest BCUT2D eigenvalue weighted by Gasteiger charge is 2.48. The number of carboxylic acid groups (broad SMARTS) is 1. The highest BCUT2D eigenvalue weighted by atomic mass is 35.5. The summed E-state index contributed by atoms with van der Waals surface area (Å²) in [5.41, 5.74) is -0.726. The highest BCUT2D eigenvalue weighted by molar-refractivity contribution is 7.99. The summed E-state index contributed by atoms with van der Waals surface area (Å²) in [6, 6.07) is 7.80. The lowest BCUT2D eigenvalue weighted by molar-refractivity contribution is -0.146. The number of carbonyl (C=O) groups is 1. The third-order valence-electron chi connectivity index (χ3n) is 4.26. The molecule has 0 radical (unpaired) electrons. The van der Waals surface area contributed by atoms with Crippen LogP contribution in [0.1, 0.15) is 32.6 Å². The minimum atomic E-state index is -0.726. The molecule has 116 valence electrons. The number of hydrogen-bond acceptors (Lipinski definition) is 3. The van der Waals surface area contributed by atoms with Gasteiger partial charge in [0.1, 0.15) is 5.54 Å². The number of hydrogen-bond donors (Lipinski definition) is 2. The van der Waals surface area contributed by atoms with Crippen molar-refractivity contribution in [2.24, 2.45) is 5.92 Å². The minimum absolute atomic E-state index is 0.199. The minimum Gasteiger partial charge on any atom is -0.480 e. The van der Waals surface area contributed by atoms with E-state index in [1.165, 1.54) is 0 Å². The van der Waals surface area contributed by atoms with E-state index in [-0.39, 0.29) is 5.92 Å². The van der Waals surface area contributed by atoms with E-state index < -0.39 is 11.5 Å². The molecule has 3 nitrogen and oxygen atoms in total. The van der Waals surface area contributed by atoms with E-state index in [2.05, 4.69) is 5.32 Å². The summed E-state index contributed by atoms with van der Waals surface area (Å²) >= 11 is 7.86. The second kappa shape index (κ2) is 7.52. The van der Waals surface area contributed by atoms with Gasteiger partial charge in [-0.3, -0.25) is 4.79 Å². The highest BCUT2D eigenvalue weighted by Crippen LogP contribution is 2.40. The third kappa shape index (κ3) is 3.74. The second-order valence-corrected chi connectivity index (χ2v) is 7.01. The Hall–Kier alpha value is -0.710. The number of carboxylic acids is 1. The molecule has 1 aromatic rings. The molecule has 0 aromatic heterocycles. The molecule has 2 atom stereocenters. The number of nitrogens with one attached hydrogen (secondary N) is 1. The van der Waals surface area contributed by atoms with Crippen LogP contribution in [0.5, 0.6) is 0 Å². The van der Waals surface area contributed by atoms with Crippen LogP contribution in [-0.4, -0.2) is 28.9 Å². The van der Waals surface area contributed by atoms with Crippen LogP contribution < -0.4 is 5.32 Å². The number of aliphatic carboxylic acids is 1. The molecule has 0 saturated heterocycles. The number of thioether (sulfide) groups is 1. The van der Waals surface area contributed by atoms with Gasteiger partial charge in [-0.05, 0) is 49.6 Å². The van der Waals surface area contributed by atoms with Crippen molar-refractivity contribution >= 4 is 29.3 Å². The van der Waals surface area contributed by atoms with E-state index in [0.29, 0.717) is 6.54 Å². The molecule has 21 heavy (non-hydrogen) atoms. The Morgan fingerprint density at radius 1 is 1.52 bits per heavy atom. The summed E-state index contributed by atoms with van der Waals surface area (Å²) in [4.78, 5) is 12.8. The fraction of sp³-hybridized carbons (Fsp3) is 0.562. The fourth-order valence-corrected chi connectivity index (χ4v) is 4.55. The van der Waals surface area contributed by atoms with E-state index >= 15 is 0 Å². The summed E-state index contributed by atoms with van der Waals surface area (Å²) in [6.07, 6.45) is 3.61. The Kier molecular flexibility index (Phi) is 5.97. The van der Waals surface area contributed by atoms with Crippen molar-refractivity contribution in [1.82, 2.24) is 5.32 Å². The van der Waals surface area contributed by atoms with Crippen LogP contribution in [0.25, 0.3) is 0 Å². The Morgan fingerprint density at radius 3 is 2.95 bits per heavy atom. The van der Waals surface area contributed by atoms with Gasteiger partial charge in [0.2, 0.25) is 0 Å². The maximum Gasteiger partial charge on any atom is 0.324 e. The zero-order valence-corrected chi connectivity index (χ0v) is 13.8. The van der Waals surface area contributed by atoms with E-state index in [9.17, 15) is 9.90 Å². The van der Waals surface area contributed by atoms with Crippen LogP contribution in [0.4, 0.5) is 0 Å². The SMILES string of the molecule is CCNC1(C(=O)O)CCCC1CCSc1ccccc1Cl. The van der Waals surface area contributed by atoms with Crippen molar-refractivity contribution in [2.45, 2.75) is 43.0 Å². The quantitative estimate of drug-likeness (QED) is 0.742. The molecule has 0 amide bonds.